The molecule has 4 aliphatic carbocycles. The van der Waals surface area contributed by atoms with E-state index in [2.05, 4.69) is 6.58 Å². The fourth-order valence-corrected chi connectivity index (χ4v) is 5.48. The molecule has 3 heteroatoms. The molecule has 0 spiro atoms. The Balaban J connectivity index is 1.82. The lowest BCUT2D eigenvalue weighted by molar-refractivity contribution is -0.131. The minimum Gasteiger partial charge on any atom is -0.496 e. The topological polar surface area (TPSA) is 46.5 Å². The van der Waals surface area contributed by atoms with Crippen molar-refractivity contribution in [2.24, 2.45) is 23.2 Å². The van der Waals surface area contributed by atoms with Crippen LogP contribution < -0.4 is 0 Å². The molecule has 22 heavy (non-hydrogen) atoms. The Morgan fingerprint density at radius 3 is 2.05 bits per heavy atom. The number of rotatable bonds is 5. The SMILES string of the molecule is C=C(/C(C)=C\C(=C\C(=O)O)OC)C12CC3CC(CC(C3)C1)C2. The van der Waals surface area contributed by atoms with Crippen molar-refractivity contribution >= 4 is 5.97 Å². The molecule has 0 aliphatic heterocycles. The fourth-order valence-electron chi connectivity index (χ4n) is 5.48. The maximum Gasteiger partial charge on any atom is 0.332 e. The van der Waals surface area contributed by atoms with E-state index in [1.165, 1.54) is 51.2 Å². The van der Waals surface area contributed by atoms with Crippen LogP contribution in [0.3, 0.4) is 0 Å². The predicted molar refractivity (Wildman–Crippen MR) is 86.2 cm³/mol. The van der Waals surface area contributed by atoms with Crippen LogP contribution in [-0.4, -0.2) is 18.2 Å². The maximum atomic E-state index is 10.8. The Labute approximate surface area is 132 Å². The lowest BCUT2D eigenvalue weighted by atomic mass is 9.47. The van der Waals surface area contributed by atoms with Crippen molar-refractivity contribution in [1.29, 1.82) is 0 Å². The third-order valence-corrected chi connectivity index (χ3v) is 6.01. The van der Waals surface area contributed by atoms with Gasteiger partial charge in [0.25, 0.3) is 0 Å². The van der Waals surface area contributed by atoms with Crippen LogP contribution in [0.4, 0.5) is 0 Å². The van der Waals surface area contributed by atoms with E-state index in [4.69, 9.17) is 9.84 Å². The Morgan fingerprint density at radius 2 is 1.64 bits per heavy atom. The summed E-state index contributed by atoms with van der Waals surface area (Å²) in [6.07, 6.45) is 11.0. The van der Waals surface area contributed by atoms with E-state index in [-0.39, 0.29) is 5.41 Å². The number of hydrogen-bond acceptors (Lipinski definition) is 2. The summed E-state index contributed by atoms with van der Waals surface area (Å²) >= 11 is 0. The van der Waals surface area contributed by atoms with E-state index in [1.807, 2.05) is 13.0 Å². The van der Waals surface area contributed by atoms with E-state index in [0.29, 0.717) is 5.76 Å². The summed E-state index contributed by atoms with van der Waals surface area (Å²) in [4.78, 5) is 10.8. The highest BCUT2D eigenvalue weighted by Crippen LogP contribution is 2.63. The molecule has 0 aromatic heterocycles. The van der Waals surface area contributed by atoms with Gasteiger partial charge in [0.15, 0.2) is 0 Å². The third kappa shape index (κ3) is 2.73. The zero-order valence-corrected chi connectivity index (χ0v) is 13.6. The smallest absolute Gasteiger partial charge is 0.332 e. The molecule has 120 valence electrons. The first-order valence-corrected chi connectivity index (χ1v) is 8.28. The molecule has 1 N–H and O–H groups in total. The summed E-state index contributed by atoms with van der Waals surface area (Å²) in [5, 5.41) is 8.89. The summed E-state index contributed by atoms with van der Waals surface area (Å²) in [6.45, 7) is 6.45. The fraction of sp³-hybridized carbons (Fsp3) is 0.632. The lowest BCUT2D eigenvalue weighted by Crippen LogP contribution is -2.46. The summed E-state index contributed by atoms with van der Waals surface area (Å²) in [6, 6.07) is 0. The van der Waals surface area contributed by atoms with Crippen molar-refractivity contribution in [3.05, 3.63) is 35.6 Å². The summed E-state index contributed by atoms with van der Waals surface area (Å²) < 4.78 is 5.16. The number of allylic oxidation sites excluding steroid dienone is 3. The van der Waals surface area contributed by atoms with Crippen molar-refractivity contribution in [3.8, 4) is 0 Å². The monoisotopic (exact) mass is 302 g/mol. The van der Waals surface area contributed by atoms with E-state index in [1.54, 1.807) is 0 Å². The molecule has 0 atom stereocenters. The number of carboxylic acid groups (broad SMARTS) is 1. The number of aliphatic carboxylic acids is 1. The number of carbonyl (C=O) groups is 1. The summed E-state index contributed by atoms with van der Waals surface area (Å²) in [5.74, 6) is 2.05. The van der Waals surface area contributed by atoms with Gasteiger partial charge in [-0.1, -0.05) is 6.58 Å². The maximum absolute atomic E-state index is 10.8. The Kier molecular flexibility index (Phi) is 3.92. The Morgan fingerprint density at radius 1 is 1.14 bits per heavy atom. The van der Waals surface area contributed by atoms with Gasteiger partial charge in [-0.25, -0.2) is 4.79 Å². The quantitative estimate of drug-likeness (QED) is 0.467. The van der Waals surface area contributed by atoms with Crippen LogP contribution in [0, 0.1) is 23.2 Å². The predicted octanol–water partition coefficient (Wildman–Crippen LogP) is 4.32. The number of carboxylic acids is 1. The highest BCUT2D eigenvalue weighted by atomic mass is 16.5. The molecule has 4 saturated carbocycles. The average Bonchev–Trinajstić information content (AvgIpc) is 2.43. The van der Waals surface area contributed by atoms with Crippen molar-refractivity contribution in [2.45, 2.75) is 45.4 Å². The highest BCUT2D eigenvalue weighted by molar-refractivity contribution is 5.80. The molecule has 0 radical (unpaired) electrons. The largest absolute Gasteiger partial charge is 0.496 e. The Hall–Kier alpha value is -1.51. The van der Waals surface area contributed by atoms with Gasteiger partial charge < -0.3 is 9.84 Å². The van der Waals surface area contributed by atoms with Crippen LogP contribution in [0.25, 0.3) is 0 Å². The minimum atomic E-state index is -0.985. The van der Waals surface area contributed by atoms with Crippen molar-refractivity contribution < 1.29 is 14.6 Å². The number of ether oxygens (including phenoxy) is 1. The molecular weight excluding hydrogens is 276 g/mol. The van der Waals surface area contributed by atoms with Crippen LogP contribution in [0.2, 0.25) is 0 Å². The van der Waals surface area contributed by atoms with Crippen LogP contribution in [0.5, 0.6) is 0 Å². The van der Waals surface area contributed by atoms with E-state index >= 15 is 0 Å². The molecular formula is C19H26O3. The first kappa shape index (κ1) is 15.4. The van der Waals surface area contributed by atoms with E-state index < -0.39 is 5.97 Å². The van der Waals surface area contributed by atoms with Crippen molar-refractivity contribution in [3.63, 3.8) is 0 Å². The van der Waals surface area contributed by atoms with Gasteiger partial charge in [0.1, 0.15) is 5.76 Å². The zero-order valence-electron chi connectivity index (χ0n) is 13.6. The first-order chi connectivity index (χ1) is 10.4. The van der Waals surface area contributed by atoms with Gasteiger partial charge in [0.05, 0.1) is 13.2 Å². The second kappa shape index (κ2) is 5.60. The molecule has 0 aromatic rings. The first-order valence-electron chi connectivity index (χ1n) is 8.28. The summed E-state index contributed by atoms with van der Waals surface area (Å²) in [7, 11) is 1.51. The molecule has 0 heterocycles. The third-order valence-electron chi connectivity index (χ3n) is 6.01. The van der Waals surface area contributed by atoms with Gasteiger partial charge in [0.2, 0.25) is 0 Å². The molecule has 0 saturated heterocycles. The normalized spacial score (nSPS) is 37.3. The van der Waals surface area contributed by atoms with Gasteiger partial charge in [-0.15, -0.1) is 0 Å². The van der Waals surface area contributed by atoms with E-state index in [9.17, 15) is 4.79 Å². The molecule has 3 nitrogen and oxygen atoms in total. The van der Waals surface area contributed by atoms with Crippen LogP contribution >= 0.6 is 0 Å². The molecule has 0 aromatic carbocycles. The van der Waals surface area contributed by atoms with Gasteiger partial charge >= 0.3 is 5.97 Å². The van der Waals surface area contributed by atoms with Crippen LogP contribution in [0.15, 0.2) is 35.6 Å². The molecule has 0 unspecified atom stereocenters. The number of methoxy groups -OCH3 is 1. The van der Waals surface area contributed by atoms with Gasteiger partial charge in [0, 0.05) is 0 Å². The van der Waals surface area contributed by atoms with Gasteiger partial charge in [-0.2, -0.15) is 0 Å². The minimum absolute atomic E-state index is 0.261. The van der Waals surface area contributed by atoms with Gasteiger partial charge in [-0.3, -0.25) is 0 Å². The summed E-state index contributed by atoms with van der Waals surface area (Å²) in [5.41, 5.74) is 2.54. The molecule has 4 bridgehead atoms. The average molecular weight is 302 g/mol. The Bertz CT molecular complexity index is 518. The van der Waals surface area contributed by atoms with Crippen molar-refractivity contribution in [2.75, 3.05) is 7.11 Å². The standard InChI is InChI=1S/C19H26O3/c1-12(4-17(22-3)8-18(20)21)13(2)19-9-14-5-15(10-19)7-16(6-14)11-19/h4,8,14-16H,2,5-7,9-11H2,1,3H3,(H,20,21)/b12-4-,17-8-. The lowest BCUT2D eigenvalue weighted by Gasteiger charge is -2.57. The molecule has 0 amide bonds. The zero-order chi connectivity index (χ0) is 15.9. The second-order valence-corrected chi connectivity index (χ2v) is 7.59. The molecule has 4 rings (SSSR count). The highest BCUT2D eigenvalue weighted by Gasteiger charge is 2.52. The number of hydrogen-bond donors (Lipinski definition) is 1. The van der Waals surface area contributed by atoms with Crippen LogP contribution in [-0.2, 0) is 9.53 Å². The van der Waals surface area contributed by atoms with Crippen LogP contribution in [0.1, 0.15) is 45.4 Å². The molecule has 4 aliphatic rings. The van der Waals surface area contributed by atoms with E-state index in [0.717, 1.165) is 29.4 Å². The second-order valence-electron chi connectivity index (χ2n) is 7.59. The van der Waals surface area contributed by atoms with Gasteiger partial charge in [-0.05, 0) is 85.8 Å². The van der Waals surface area contributed by atoms with Crippen molar-refractivity contribution in [1.82, 2.24) is 0 Å². The molecule has 4 fully saturated rings.